The first-order chi connectivity index (χ1) is 11.5. The normalized spacial score (nSPS) is 16.6. The van der Waals surface area contributed by atoms with Crippen molar-refractivity contribution in [2.75, 3.05) is 18.1 Å². The van der Waals surface area contributed by atoms with Gasteiger partial charge in [-0.1, -0.05) is 46.9 Å². The number of nitrogens with two attached hydrogens (primary N) is 1. The average Bonchev–Trinajstić information content (AvgIpc) is 2.97. The van der Waals surface area contributed by atoms with Gasteiger partial charge in [0.2, 0.25) is 0 Å². The van der Waals surface area contributed by atoms with Gasteiger partial charge in [-0.15, -0.1) is 0 Å². The zero-order chi connectivity index (χ0) is 17.1. The maximum absolute atomic E-state index is 6.17. The quantitative estimate of drug-likeness (QED) is 0.833. The van der Waals surface area contributed by atoms with E-state index in [4.69, 9.17) is 45.3 Å². The van der Waals surface area contributed by atoms with Crippen molar-refractivity contribution < 1.29 is 4.74 Å². The van der Waals surface area contributed by atoms with Crippen LogP contribution >= 0.6 is 34.8 Å². The molecule has 0 amide bonds. The Bertz CT molecular complexity index is 749. The number of hydrogen-bond acceptors (Lipinski definition) is 4. The molecule has 2 aromatic rings. The topological polar surface area (TPSA) is 50.8 Å². The van der Waals surface area contributed by atoms with Gasteiger partial charge in [0.05, 0.1) is 10.0 Å². The first-order valence-corrected chi connectivity index (χ1v) is 8.55. The maximum Gasteiger partial charge on any atom is 0.282 e. The number of rotatable bonds is 5. The number of halogens is 3. The highest BCUT2D eigenvalue weighted by molar-refractivity contribution is 6.42. The molecule has 1 atom stereocenters. The molecule has 0 aliphatic carbocycles. The number of amidine groups is 1. The Morgan fingerprint density at radius 1 is 1.08 bits per heavy atom. The summed E-state index contributed by atoms with van der Waals surface area (Å²) < 4.78 is 5.25. The van der Waals surface area contributed by atoms with Gasteiger partial charge in [-0.05, 0) is 35.9 Å². The summed E-state index contributed by atoms with van der Waals surface area (Å²) in [4.78, 5) is 6.47. The van der Waals surface area contributed by atoms with Gasteiger partial charge in [0.25, 0.3) is 6.02 Å². The highest BCUT2D eigenvalue weighted by atomic mass is 35.5. The highest BCUT2D eigenvalue weighted by Gasteiger charge is 2.21. The van der Waals surface area contributed by atoms with Crippen LogP contribution in [0.3, 0.4) is 0 Å². The molecule has 2 N–H and O–H groups in total. The zero-order valence-corrected chi connectivity index (χ0v) is 15.0. The Morgan fingerprint density at radius 3 is 2.46 bits per heavy atom. The van der Waals surface area contributed by atoms with Crippen LogP contribution in [0.1, 0.15) is 5.56 Å². The molecule has 0 saturated carbocycles. The molecule has 0 bridgehead atoms. The molecule has 1 aliphatic rings. The molecule has 4 nitrogen and oxygen atoms in total. The van der Waals surface area contributed by atoms with E-state index in [1.807, 2.05) is 36.4 Å². The molecular formula is C17H16Cl3N3O. The van der Waals surface area contributed by atoms with E-state index in [9.17, 15) is 0 Å². The molecule has 0 saturated heterocycles. The van der Waals surface area contributed by atoms with Gasteiger partial charge in [-0.3, -0.25) is 0 Å². The van der Waals surface area contributed by atoms with Gasteiger partial charge >= 0.3 is 0 Å². The summed E-state index contributed by atoms with van der Waals surface area (Å²) in [5, 5.41) is 1.75. The number of aliphatic imine (C=N–C) groups is 1. The first-order valence-electron chi connectivity index (χ1n) is 7.42. The third-order valence-electron chi connectivity index (χ3n) is 3.72. The first kappa shape index (κ1) is 17.2. The van der Waals surface area contributed by atoms with Gasteiger partial charge in [0.1, 0.15) is 12.6 Å². The molecule has 24 heavy (non-hydrogen) atoms. The maximum atomic E-state index is 6.17. The number of hydrogen-bond donors (Lipinski definition) is 1. The fourth-order valence-electron chi connectivity index (χ4n) is 2.54. The molecule has 0 fully saturated rings. The molecule has 0 spiro atoms. The molecular weight excluding hydrogens is 369 g/mol. The van der Waals surface area contributed by atoms with Crippen LogP contribution < -0.4 is 10.6 Å². The second-order valence-corrected chi connectivity index (χ2v) is 6.79. The fourth-order valence-corrected chi connectivity index (χ4v) is 2.96. The lowest BCUT2D eigenvalue weighted by molar-refractivity contribution is 0.313. The van der Waals surface area contributed by atoms with E-state index in [-0.39, 0.29) is 12.1 Å². The smallest absolute Gasteiger partial charge is 0.282 e. The van der Waals surface area contributed by atoms with Crippen LogP contribution in [0.5, 0.6) is 0 Å². The van der Waals surface area contributed by atoms with E-state index in [2.05, 4.69) is 9.89 Å². The number of nitrogens with zero attached hydrogens (tertiary/aromatic N) is 2. The Morgan fingerprint density at radius 2 is 1.83 bits per heavy atom. The van der Waals surface area contributed by atoms with Crippen molar-refractivity contribution in [1.29, 1.82) is 0 Å². The lowest BCUT2D eigenvalue weighted by Gasteiger charge is -2.27. The van der Waals surface area contributed by atoms with Gasteiger partial charge in [-0.2, -0.15) is 0 Å². The molecule has 0 radical (unpaired) electrons. The van der Waals surface area contributed by atoms with Crippen LogP contribution in [-0.2, 0) is 11.3 Å². The summed E-state index contributed by atoms with van der Waals surface area (Å²) in [5.74, 6) is 0. The van der Waals surface area contributed by atoms with Crippen LogP contribution in [0.4, 0.5) is 5.69 Å². The predicted molar refractivity (Wildman–Crippen MR) is 100 cm³/mol. The van der Waals surface area contributed by atoms with Gasteiger partial charge in [0, 0.05) is 23.8 Å². The molecule has 7 heteroatoms. The minimum absolute atomic E-state index is 0.0215. The predicted octanol–water partition coefficient (Wildman–Crippen LogP) is 4.37. The summed E-state index contributed by atoms with van der Waals surface area (Å²) in [6.07, 6.45) is 0. The Kier molecular flexibility index (Phi) is 5.39. The van der Waals surface area contributed by atoms with Crippen molar-refractivity contribution in [3.8, 4) is 0 Å². The van der Waals surface area contributed by atoms with Gasteiger partial charge in [0.15, 0.2) is 0 Å². The van der Waals surface area contributed by atoms with E-state index in [1.54, 1.807) is 6.07 Å². The summed E-state index contributed by atoms with van der Waals surface area (Å²) in [6, 6.07) is 13.5. The second-order valence-electron chi connectivity index (χ2n) is 5.54. The summed E-state index contributed by atoms with van der Waals surface area (Å²) in [5.41, 5.74) is 7.69. The van der Waals surface area contributed by atoms with E-state index in [0.29, 0.717) is 34.8 Å². The van der Waals surface area contributed by atoms with Crippen LogP contribution in [0.25, 0.3) is 0 Å². The minimum Gasteiger partial charge on any atom is -0.463 e. The van der Waals surface area contributed by atoms with Crippen LogP contribution in [0, 0.1) is 0 Å². The highest BCUT2D eigenvalue weighted by Crippen LogP contribution is 2.28. The summed E-state index contributed by atoms with van der Waals surface area (Å²) in [7, 11) is 0. The van der Waals surface area contributed by atoms with Crippen molar-refractivity contribution in [1.82, 2.24) is 0 Å². The fraction of sp³-hybridized carbons (Fsp3) is 0.235. The molecule has 1 aliphatic heterocycles. The second kappa shape index (κ2) is 7.51. The average molecular weight is 385 g/mol. The molecule has 2 aromatic carbocycles. The molecule has 1 heterocycles. The van der Waals surface area contributed by atoms with Crippen molar-refractivity contribution in [2.24, 2.45) is 10.7 Å². The lowest BCUT2D eigenvalue weighted by Crippen LogP contribution is -2.32. The summed E-state index contributed by atoms with van der Waals surface area (Å²) >= 11 is 18.2. The van der Waals surface area contributed by atoms with E-state index in [0.717, 1.165) is 11.3 Å². The zero-order valence-electron chi connectivity index (χ0n) is 12.8. The Labute approximate surface area is 155 Å². The third kappa shape index (κ3) is 4.26. The number of ether oxygens (including phenoxy) is 1. The van der Waals surface area contributed by atoms with Crippen molar-refractivity contribution in [3.63, 3.8) is 0 Å². The van der Waals surface area contributed by atoms with Crippen molar-refractivity contribution in [2.45, 2.75) is 12.6 Å². The summed E-state index contributed by atoms with van der Waals surface area (Å²) in [6.45, 7) is 1.81. The van der Waals surface area contributed by atoms with Crippen molar-refractivity contribution >= 4 is 46.5 Å². The van der Waals surface area contributed by atoms with Crippen molar-refractivity contribution in [3.05, 3.63) is 63.1 Å². The Balaban J connectivity index is 1.84. The minimum atomic E-state index is -0.0215. The van der Waals surface area contributed by atoms with Gasteiger partial charge < -0.3 is 15.4 Å². The molecule has 1 unspecified atom stereocenters. The third-order valence-corrected chi connectivity index (χ3v) is 4.71. The standard InChI is InChI=1S/C17H16Cl3N3O/c18-12-3-1-11(2-4-12)8-23(9-13-10-24-17(21)22-13)14-5-6-15(19)16(20)7-14/h1-7,13H,8-10H2,(H2,21,22). The number of benzene rings is 2. The largest absolute Gasteiger partial charge is 0.463 e. The van der Waals surface area contributed by atoms with Crippen LogP contribution in [0.2, 0.25) is 15.1 Å². The van der Waals surface area contributed by atoms with Crippen LogP contribution in [-0.4, -0.2) is 25.2 Å². The number of anilines is 1. The Hall–Kier alpha value is -1.62. The van der Waals surface area contributed by atoms with Gasteiger partial charge in [-0.25, -0.2) is 4.99 Å². The molecule has 126 valence electrons. The SMILES string of the molecule is NC1=NC(CN(Cc2ccc(Cl)cc2)c2ccc(Cl)c(Cl)c2)CO1. The molecule has 0 aromatic heterocycles. The lowest BCUT2D eigenvalue weighted by atomic mass is 10.1. The van der Waals surface area contributed by atoms with E-state index >= 15 is 0 Å². The monoisotopic (exact) mass is 383 g/mol. The molecule has 3 rings (SSSR count). The van der Waals surface area contributed by atoms with E-state index < -0.39 is 0 Å². The van der Waals surface area contributed by atoms with Crippen LogP contribution in [0.15, 0.2) is 47.5 Å². The van der Waals surface area contributed by atoms with E-state index in [1.165, 1.54) is 0 Å².